The van der Waals surface area contributed by atoms with Gasteiger partial charge < -0.3 is 9.90 Å². The average Bonchev–Trinajstić information content (AvgIpc) is 3.00. The molecule has 2 aliphatic carbocycles. The molecule has 2 fully saturated rings. The van der Waals surface area contributed by atoms with E-state index in [0.29, 0.717) is 6.04 Å². The van der Waals surface area contributed by atoms with Gasteiger partial charge in [-0.2, -0.15) is 0 Å². The highest BCUT2D eigenvalue weighted by Crippen LogP contribution is 2.38. The second-order valence-electron chi connectivity index (χ2n) is 5.82. The summed E-state index contributed by atoms with van der Waals surface area (Å²) in [7, 11) is 0. The van der Waals surface area contributed by atoms with Crippen LogP contribution < -0.4 is 0 Å². The molecule has 0 aromatic rings. The van der Waals surface area contributed by atoms with Crippen molar-refractivity contribution in [2.75, 3.05) is 19.7 Å². The van der Waals surface area contributed by atoms with Gasteiger partial charge in [-0.05, 0) is 25.7 Å². The molecular formula is C14H25NO2. The van der Waals surface area contributed by atoms with E-state index in [1.165, 1.54) is 44.8 Å². The van der Waals surface area contributed by atoms with Gasteiger partial charge in [-0.3, -0.25) is 4.90 Å². The smallest absolute Gasteiger partial charge is 0.127 e. The molecule has 17 heavy (non-hydrogen) atoms. The van der Waals surface area contributed by atoms with Crippen molar-refractivity contribution in [3.63, 3.8) is 0 Å². The third kappa shape index (κ3) is 3.08. The largest absolute Gasteiger partial charge is 0.395 e. The topological polar surface area (TPSA) is 40.5 Å². The number of carbonyl (C=O) groups is 1. The molecule has 0 saturated heterocycles. The summed E-state index contributed by atoms with van der Waals surface area (Å²) >= 11 is 0. The second-order valence-corrected chi connectivity index (χ2v) is 5.82. The van der Waals surface area contributed by atoms with Gasteiger partial charge in [-0.25, -0.2) is 0 Å². The Kier molecular flexibility index (Phi) is 4.57. The summed E-state index contributed by atoms with van der Waals surface area (Å²) in [5, 5.41) is 9.20. The molecule has 0 aromatic heterocycles. The first-order valence-electron chi connectivity index (χ1n) is 7.11. The molecule has 1 N–H and O–H groups in total. The van der Waals surface area contributed by atoms with Crippen LogP contribution in [-0.4, -0.2) is 42.0 Å². The molecule has 2 saturated carbocycles. The maximum Gasteiger partial charge on any atom is 0.127 e. The van der Waals surface area contributed by atoms with E-state index >= 15 is 0 Å². The number of aliphatic hydroxyl groups excluding tert-OH is 1. The standard InChI is InChI=1S/C14H25NO2/c16-10-9-15(13-5-1-2-6-13)11-14(12-17)7-3-4-8-14/h12-13,16H,1-11H2. The molecule has 0 bridgehead atoms. The van der Waals surface area contributed by atoms with Crippen LogP contribution in [0.2, 0.25) is 0 Å². The third-order valence-corrected chi connectivity index (χ3v) is 4.60. The van der Waals surface area contributed by atoms with Gasteiger partial charge in [-0.15, -0.1) is 0 Å². The van der Waals surface area contributed by atoms with Gasteiger partial charge in [0.05, 0.1) is 6.61 Å². The van der Waals surface area contributed by atoms with Gasteiger partial charge in [0.1, 0.15) is 6.29 Å². The zero-order chi connectivity index (χ0) is 12.1. The number of carbonyl (C=O) groups excluding carboxylic acids is 1. The molecule has 2 aliphatic rings. The van der Waals surface area contributed by atoms with Crippen molar-refractivity contribution in [2.24, 2.45) is 5.41 Å². The predicted molar refractivity (Wildman–Crippen MR) is 67.9 cm³/mol. The van der Waals surface area contributed by atoms with Gasteiger partial charge >= 0.3 is 0 Å². The Hall–Kier alpha value is -0.410. The molecule has 0 spiro atoms. The molecule has 3 heteroatoms. The van der Waals surface area contributed by atoms with Crippen molar-refractivity contribution in [3.8, 4) is 0 Å². The zero-order valence-electron chi connectivity index (χ0n) is 10.7. The molecular weight excluding hydrogens is 214 g/mol. The quantitative estimate of drug-likeness (QED) is 0.721. The first-order chi connectivity index (χ1) is 8.29. The number of rotatable bonds is 6. The fourth-order valence-corrected chi connectivity index (χ4v) is 3.59. The molecule has 3 nitrogen and oxygen atoms in total. The fraction of sp³-hybridized carbons (Fsp3) is 0.929. The lowest BCUT2D eigenvalue weighted by molar-refractivity contribution is -0.117. The van der Waals surface area contributed by atoms with Gasteiger partial charge in [-0.1, -0.05) is 25.7 Å². The van der Waals surface area contributed by atoms with Crippen molar-refractivity contribution in [1.29, 1.82) is 0 Å². The highest BCUT2D eigenvalue weighted by atomic mass is 16.3. The Balaban J connectivity index is 1.97. The maximum atomic E-state index is 11.4. The molecule has 0 unspecified atom stereocenters. The fourth-order valence-electron chi connectivity index (χ4n) is 3.59. The van der Waals surface area contributed by atoms with Crippen LogP contribution in [0.25, 0.3) is 0 Å². The molecule has 0 aliphatic heterocycles. The van der Waals surface area contributed by atoms with Crippen LogP contribution in [-0.2, 0) is 4.79 Å². The van der Waals surface area contributed by atoms with Gasteiger partial charge in [0.25, 0.3) is 0 Å². The summed E-state index contributed by atoms with van der Waals surface area (Å²) in [5.41, 5.74) is -0.0994. The summed E-state index contributed by atoms with van der Waals surface area (Å²) in [5.74, 6) is 0. The Bertz CT molecular complexity index is 243. The maximum absolute atomic E-state index is 11.4. The monoisotopic (exact) mass is 239 g/mol. The highest BCUT2D eigenvalue weighted by molar-refractivity contribution is 5.60. The number of nitrogens with zero attached hydrogens (tertiary/aromatic N) is 1. The Labute approximate surface area is 104 Å². The van der Waals surface area contributed by atoms with E-state index in [1.807, 2.05) is 0 Å². The zero-order valence-corrected chi connectivity index (χ0v) is 10.7. The molecule has 0 amide bonds. The Morgan fingerprint density at radius 2 is 1.82 bits per heavy atom. The predicted octanol–water partition coefficient (Wildman–Crippen LogP) is 1.98. The number of hydrogen-bond donors (Lipinski definition) is 1. The first kappa shape index (κ1) is 13.0. The van der Waals surface area contributed by atoms with Crippen molar-refractivity contribution < 1.29 is 9.90 Å². The minimum atomic E-state index is -0.0994. The molecule has 0 aromatic carbocycles. The van der Waals surface area contributed by atoms with Crippen molar-refractivity contribution in [1.82, 2.24) is 4.90 Å². The van der Waals surface area contributed by atoms with E-state index in [-0.39, 0.29) is 12.0 Å². The van der Waals surface area contributed by atoms with Crippen LogP contribution in [0.4, 0.5) is 0 Å². The second kappa shape index (κ2) is 5.96. The van der Waals surface area contributed by atoms with E-state index < -0.39 is 0 Å². The minimum absolute atomic E-state index is 0.0994. The minimum Gasteiger partial charge on any atom is -0.395 e. The van der Waals surface area contributed by atoms with Crippen molar-refractivity contribution >= 4 is 6.29 Å². The molecule has 2 rings (SSSR count). The molecule has 0 radical (unpaired) electrons. The lowest BCUT2D eigenvalue weighted by Crippen LogP contribution is -2.43. The van der Waals surface area contributed by atoms with Crippen LogP contribution in [0.15, 0.2) is 0 Å². The van der Waals surface area contributed by atoms with Crippen LogP contribution >= 0.6 is 0 Å². The van der Waals surface area contributed by atoms with Crippen molar-refractivity contribution in [2.45, 2.75) is 57.4 Å². The first-order valence-corrected chi connectivity index (χ1v) is 7.11. The van der Waals surface area contributed by atoms with Gasteiger partial charge in [0, 0.05) is 24.5 Å². The molecule has 0 atom stereocenters. The van der Waals surface area contributed by atoms with Crippen LogP contribution in [0.3, 0.4) is 0 Å². The summed E-state index contributed by atoms with van der Waals surface area (Å²) in [6, 6.07) is 0.611. The molecule has 98 valence electrons. The van der Waals surface area contributed by atoms with E-state index in [4.69, 9.17) is 0 Å². The van der Waals surface area contributed by atoms with E-state index in [9.17, 15) is 9.90 Å². The van der Waals surface area contributed by atoms with Crippen LogP contribution in [0.5, 0.6) is 0 Å². The van der Waals surface area contributed by atoms with Gasteiger partial charge in [0.2, 0.25) is 0 Å². The summed E-state index contributed by atoms with van der Waals surface area (Å²) in [6.07, 6.45) is 10.8. The number of hydrogen-bond acceptors (Lipinski definition) is 3. The lowest BCUT2D eigenvalue weighted by Gasteiger charge is -2.35. The SMILES string of the molecule is O=CC1(CN(CCO)C2CCCC2)CCCC1. The number of aliphatic hydroxyl groups is 1. The highest BCUT2D eigenvalue weighted by Gasteiger charge is 2.37. The summed E-state index contributed by atoms with van der Waals surface area (Å²) < 4.78 is 0. The van der Waals surface area contributed by atoms with Gasteiger partial charge in [0.15, 0.2) is 0 Å². The average molecular weight is 239 g/mol. The summed E-state index contributed by atoms with van der Waals surface area (Å²) in [6.45, 7) is 1.83. The molecule has 0 heterocycles. The third-order valence-electron chi connectivity index (χ3n) is 4.60. The lowest BCUT2D eigenvalue weighted by atomic mass is 9.87. The van der Waals surface area contributed by atoms with E-state index in [0.717, 1.165) is 25.9 Å². The van der Waals surface area contributed by atoms with Crippen LogP contribution in [0, 0.1) is 5.41 Å². The van der Waals surface area contributed by atoms with E-state index in [2.05, 4.69) is 4.90 Å². The Morgan fingerprint density at radius 3 is 2.35 bits per heavy atom. The number of aldehydes is 1. The van der Waals surface area contributed by atoms with Crippen LogP contribution in [0.1, 0.15) is 51.4 Å². The van der Waals surface area contributed by atoms with Crippen molar-refractivity contribution in [3.05, 3.63) is 0 Å². The normalized spacial score (nSPS) is 24.6. The summed E-state index contributed by atoms with van der Waals surface area (Å²) in [4.78, 5) is 13.8. The van der Waals surface area contributed by atoms with E-state index in [1.54, 1.807) is 0 Å². The Morgan fingerprint density at radius 1 is 1.18 bits per heavy atom.